The van der Waals surface area contributed by atoms with Crippen LogP contribution in [0.1, 0.15) is 11.1 Å². The van der Waals surface area contributed by atoms with Crippen LogP contribution >= 0.6 is 11.3 Å². The number of nitrogens with zero attached hydrogens (tertiary/aromatic N) is 1. The zero-order chi connectivity index (χ0) is 7.84. The van der Waals surface area contributed by atoms with E-state index < -0.39 is 0 Å². The molecule has 2 rings (SSSR count). The Balaban J connectivity index is 2.93. The van der Waals surface area contributed by atoms with Gasteiger partial charge in [-0.1, -0.05) is 6.07 Å². The Labute approximate surface area is 69.7 Å². The molecular formula is C9H9NS. The fraction of sp³-hybridized carbons (Fsp3) is 0.222. The van der Waals surface area contributed by atoms with Gasteiger partial charge in [-0.25, -0.2) is 4.98 Å². The van der Waals surface area contributed by atoms with Gasteiger partial charge in [0.15, 0.2) is 0 Å². The maximum absolute atomic E-state index is 4.24. The SMILES string of the molecule is Cc1ccc2ncsc2c1C. The summed E-state index contributed by atoms with van der Waals surface area (Å²) in [7, 11) is 0. The second kappa shape index (κ2) is 2.31. The van der Waals surface area contributed by atoms with Gasteiger partial charge in [0.25, 0.3) is 0 Å². The van der Waals surface area contributed by atoms with Crippen LogP contribution in [0.5, 0.6) is 0 Å². The van der Waals surface area contributed by atoms with Crippen molar-refractivity contribution in [2.75, 3.05) is 0 Å². The predicted molar refractivity (Wildman–Crippen MR) is 49.1 cm³/mol. The van der Waals surface area contributed by atoms with E-state index in [9.17, 15) is 0 Å². The van der Waals surface area contributed by atoms with Crippen LogP contribution in [0.25, 0.3) is 10.2 Å². The Morgan fingerprint density at radius 1 is 1.27 bits per heavy atom. The van der Waals surface area contributed by atoms with Gasteiger partial charge in [-0.15, -0.1) is 11.3 Å². The molecule has 2 heteroatoms. The fourth-order valence-electron chi connectivity index (χ4n) is 1.16. The van der Waals surface area contributed by atoms with Gasteiger partial charge in [-0.05, 0) is 31.0 Å². The van der Waals surface area contributed by atoms with Crippen LogP contribution in [0, 0.1) is 13.8 Å². The van der Waals surface area contributed by atoms with E-state index in [1.54, 1.807) is 11.3 Å². The molecule has 1 aromatic carbocycles. The van der Waals surface area contributed by atoms with Crippen LogP contribution in [-0.2, 0) is 0 Å². The largest absolute Gasteiger partial charge is 0.245 e. The zero-order valence-electron chi connectivity index (χ0n) is 6.59. The van der Waals surface area contributed by atoms with Crippen molar-refractivity contribution >= 4 is 21.6 Å². The highest BCUT2D eigenvalue weighted by molar-refractivity contribution is 7.16. The van der Waals surface area contributed by atoms with Crippen molar-refractivity contribution in [1.29, 1.82) is 0 Å². The molecule has 0 N–H and O–H groups in total. The van der Waals surface area contributed by atoms with Crippen molar-refractivity contribution in [3.05, 3.63) is 28.8 Å². The quantitative estimate of drug-likeness (QED) is 0.582. The number of benzene rings is 1. The number of fused-ring (bicyclic) bond motifs is 1. The highest BCUT2D eigenvalue weighted by Gasteiger charge is 2.00. The third kappa shape index (κ3) is 0.942. The fourth-order valence-corrected chi connectivity index (χ4v) is 2.01. The monoisotopic (exact) mass is 163 g/mol. The Morgan fingerprint density at radius 2 is 2.09 bits per heavy atom. The Morgan fingerprint density at radius 3 is 2.91 bits per heavy atom. The number of thiazole rings is 1. The van der Waals surface area contributed by atoms with E-state index in [0.717, 1.165) is 5.52 Å². The summed E-state index contributed by atoms with van der Waals surface area (Å²) in [6, 6.07) is 4.20. The molecule has 0 aliphatic carbocycles. The lowest BCUT2D eigenvalue weighted by molar-refractivity contribution is 1.38. The summed E-state index contributed by atoms with van der Waals surface area (Å²) in [4.78, 5) is 4.24. The lowest BCUT2D eigenvalue weighted by Gasteiger charge is -1.98. The molecule has 0 saturated heterocycles. The minimum Gasteiger partial charge on any atom is -0.245 e. The maximum atomic E-state index is 4.24. The van der Waals surface area contributed by atoms with Crippen LogP contribution in [-0.4, -0.2) is 4.98 Å². The van der Waals surface area contributed by atoms with Gasteiger partial charge in [-0.3, -0.25) is 0 Å². The molecule has 0 radical (unpaired) electrons. The summed E-state index contributed by atoms with van der Waals surface area (Å²) in [6.45, 7) is 4.28. The smallest absolute Gasteiger partial charge is 0.0814 e. The second-order valence-corrected chi connectivity index (χ2v) is 3.56. The Kier molecular flexibility index (Phi) is 1.43. The standard InChI is InChI=1S/C9H9NS/c1-6-3-4-8-9(7(6)2)11-5-10-8/h3-5H,1-2H3. The van der Waals surface area contributed by atoms with Crippen LogP contribution < -0.4 is 0 Å². The zero-order valence-corrected chi connectivity index (χ0v) is 7.40. The predicted octanol–water partition coefficient (Wildman–Crippen LogP) is 2.91. The van der Waals surface area contributed by atoms with Gasteiger partial charge in [-0.2, -0.15) is 0 Å². The van der Waals surface area contributed by atoms with Gasteiger partial charge in [0.2, 0.25) is 0 Å². The van der Waals surface area contributed by atoms with Crippen LogP contribution in [0.3, 0.4) is 0 Å². The van der Waals surface area contributed by atoms with Crippen molar-refractivity contribution < 1.29 is 0 Å². The number of rotatable bonds is 0. The molecule has 56 valence electrons. The summed E-state index contributed by atoms with van der Waals surface area (Å²) < 4.78 is 1.32. The van der Waals surface area contributed by atoms with E-state index in [0.29, 0.717) is 0 Å². The van der Waals surface area contributed by atoms with E-state index >= 15 is 0 Å². The van der Waals surface area contributed by atoms with E-state index in [-0.39, 0.29) is 0 Å². The van der Waals surface area contributed by atoms with Crippen molar-refractivity contribution in [3.63, 3.8) is 0 Å². The molecule has 0 bridgehead atoms. The van der Waals surface area contributed by atoms with Crippen LogP contribution in [0.2, 0.25) is 0 Å². The molecule has 0 fully saturated rings. The minimum atomic E-state index is 1.12. The summed E-state index contributed by atoms with van der Waals surface area (Å²) in [5, 5.41) is 0. The molecule has 1 nitrogen and oxygen atoms in total. The summed E-state index contributed by atoms with van der Waals surface area (Å²) in [5.41, 5.74) is 5.74. The van der Waals surface area contributed by atoms with Crippen molar-refractivity contribution in [3.8, 4) is 0 Å². The summed E-state index contributed by atoms with van der Waals surface area (Å²) in [5.74, 6) is 0. The van der Waals surface area contributed by atoms with Crippen LogP contribution in [0.4, 0.5) is 0 Å². The highest BCUT2D eigenvalue weighted by Crippen LogP contribution is 2.23. The lowest BCUT2D eigenvalue weighted by Crippen LogP contribution is -1.79. The molecule has 0 atom stereocenters. The summed E-state index contributed by atoms with van der Waals surface area (Å²) in [6.07, 6.45) is 0. The Bertz CT molecular complexity index is 389. The van der Waals surface area contributed by atoms with Gasteiger partial charge >= 0.3 is 0 Å². The van der Waals surface area contributed by atoms with E-state index in [1.165, 1.54) is 15.8 Å². The van der Waals surface area contributed by atoms with E-state index in [2.05, 4.69) is 31.0 Å². The maximum Gasteiger partial charge on any atom is 0.0814 e. The molecule has 0 unspecified atom stereocenters. The molecule has 1 heterocycles. The molecule has 0 aliphatic rings. The third-order valence-electron chi connectivity index (χ3n) is 2.02. The molecule has 0 spiro atoms. The third-order valence-corrected chi connectivity index (χ3v) is 2.98. The second-order valence-electron chi connectivity index (χ2n) is 2.71. The number of hydrogen-bond donors (Lipinski definition) is 0. The summed E-state index contributed by atoms with van der Waals surface area (Å²) >= 11 is 1.72. The minimum absolute atomic E-state index is 1.12. The first-order chi connectivity index (χ1) is 5.29. The molecule has 2 aromatic rings. The van der Waals surface area contributed by atoms with Gasteiger partial charge in [0.1, 0.15) is 0 Å². The average molecular weight is 163 g/mol. The Hall–Kier alpha value is -0.890. The van der Waals surface area contributed by atoms with E-state index in [4.69, 9.17) is 0 Å². The molecule has 1 aromatic heterocycles. The van der Waals surface area contributed by atoms with Crippen molar-refractivity contribution in [2.24, 2.45) is 0 Å². The number of aromatic nitrogens is 1. The van der Waals surface area contributed by atoms with E-state index in [1.807, 2.05) is 5.51 Å². The first-order valence-corrected chi connectivity index (χ1v) is 4.46. The van der Waals surface area contributed by atoms with Gasteiger partial charge < -0.3 is 0 Å². The first-order valence-electron chi connectivity index (χ1n) is 3.58. The number of hydrogen-bond acceptors (Lipinski definition) is 2. The molecule has 0 aliphatic heterocycles. The molecule has 0 saturated carbocycles. The van der Waals surface area contributed by atoms with Crippen LogP contribution in [0.15, 0.2) is 17.6 Å². The first kappa shape index (κ1) is 6.80. The average Bonchev–Trinajstić information content (AvgIpc) is 2.45. The van der Waals surface area contributed by atoms with Crippen molar-refractivity contribution in [2.45, 2.75) is 13.8 Å². The number of aryl methyl sites for hydroxylation is 2. The lowest BCUT2D eigenvalue weighted by atomic mass is 10.1. The normalized spacial score (nSPS) is 10.7. The molecular weight excluding hydrogens is 154 g/mol. The highest BCUT2D eigenvalue weighted by atomic mass is 32.1. The topological polar surface area (TPSA) is 12.9 Å². The molecule has 11 heavy (non-hydrogen) atoms. The molecule has 0 amide bonds. The van der Waals surface area contributed by atoms with Crippen molar-refractivity contribution in [1.82, 2.24) is 4.98 Å². The van der Waals surface area contributed by atoms with Gasteiger partial charge in [0, 0.05) is 0 Å². The van der Waals surface area contributed by atoms with Gasteiger partial charge in [0.05, 0.1) is 15.7 Å².